The van der Waals surface area contributed by atoms with Gasteiger partial charge < -0.3 is 44.3 Å². The number of epoxide rings is 1. The fourth-order valence-corrected chi connectivity index (χ4v) is 9.76. The minimum atomic E-state index is -0.796. The molecule has 1 saturated heterocycles. The molecule has 10 nitrogen and oxygen atoms in total. The van der Waals surface area contributed by atoms with Crippen molar-refractivity contribution < 1.29 is 61.5 Å². The van der Waals surface area contributed by atoms with Crippen molar-refractivity contribution in [3.63, 3.8) is 0 Å². The Kier molecular flexibility index (Phi) is 22.7. The molecular weight excluding hydrogens is 1360 g/mol. The summed E-state index contributed by atoms with van der Waals surface area (Å²) in [7, 11) is 0. The molecule has 18 heteroatoms. The molecule has 0 radical (unpaired) electrons. The molecule has 76 heavy (non-hydrogen) atoms. The summed E-state index contributed by atoms with van der Waals surface area (Å²) >= 11 is 7.39. The first-order valence-corrected chi connectivity index (χ1v) is 39.0. The van der Waals surface area contributed by atoms with E-state index in [-0.39, 0.29) is 46.5 Å². The number of rotatable bonds is 14. The van der Waals surface area contributed by atoms with Crippen molar-refractivity contribution in [3.05, 3.63) is 190 Å². The van der Waals surface area contributed by atoms with Crippen molar-refractivity contribution in [2.24, 2.45) is 0 Å². The summed E-state index contributed by atoms with van der Waals surface area (Å²) in [4.78, 5) is 1.73. The van der Waals surface area contributed by atoms with Crippen molar-refractivity contribution in [2.75, 3.05) is 26.2 Å². The Morgan fingerprint density at radius 2 is 0.868 bits per heavy atom. The number of halogens is 7. The second-order valence-electron chi connectivity index (χ2n) is 19.3. The number of benzene rings is 6. The predicted molar refractivity (Wildman–Crippen MR) is 306 cm³/mol. The Labute approximate surface area is 479 Å². The van der Waals surface area contributed by atoms with Gasteiger partial charge in [-0.15, -0.1) is 0 Å². The average molecular weight is 1420 g/mol. The Morgan fingerprint density at radius 3 is 1.28 bits per heavy atom. The summed E-state index contributed by atoms with van der Waals surface area (Å²) < 4.78 is 81.8. The monoisotopic (exact) mass is 1420 g/mol. The molecule has 0 saturated carbocycles. The Hall–Kier alpha value is -3.23. The summed E-state index contributed by atoms with van der Waals surface area (Å²) in [5.74, 6) is 1.69. The number of hydrogen-bond acceptors (Lipinski definition) is 10. The van der Waals surface area contributed by atoms with Gasteiger partial charge in [-0.2, -0.15) is 0 Å². The van der Waals surface area contributed by atoms with Crippen LogP contribution in [-0.2, 0) is 48.4 Å². The Morgan fingerprint density at radius 1 is 0.500 bits per heavy atom. The van der Waals surface area contributed by atoms with E-state index in [4.69, 9.17) is 23.7 Å². The quantitative estimate of drug-likeness (QED) is 0.0476. The van der Waals surface area contributed by atoms with Gasteiger partial charge in [0.1, 0.15) is 95.1 Å². The zero-order valence-corrected chi connectivity index (χ0v) is 49.5. The van der Waals surface area contributed by atoms with Gasteiger partial charge >= 0.3 is 64.9 Å². The summed E-state index contributed by atoms with van der Waals surface area (Å²) in [6.45, 7) is 3.12. The number of hydrogen-bond donors (Lipinski definition) is 4. The number of fused-ring (bicyclic) bond motifs is 4. The van der Waals surface area contributed by atoms with Crippen LogP contribution in [0.4, 0.5) is 17.6 Å². The number of aliphatic hydroxyl groups excluding tert-OH is 3. The van der Waals surface area contributed by atoms with Crippen LogP contribution in [0.3, 0.4) is 0 Å². The molecule has 0 amide bonds. The van der Waals surface area contributed by atoms with Crippen LogP contribution < -0.4 is 24.3 Å². The van der Waals surface area contributed by atoms with Crippen molar-refractivity contribution in [2.45, 2.75) is 113 Å². The van der Waals surface area contributed by atoms with E-state index >= 15 is 0 Å². The fourth-order valence-electron chi connectivity index (χ4n) is 9.76. The molecule has 5 aliphatic rings. The standard InChI is InChI=1S/C29H31F2NO4.C18H20FNO2.C11H11FO2.3HI.V/c30-22-8-12-26-20(14-22)6-10-28(35-26)24(33)17-32(16-19-4-2-1-3-5-19)18-25(34)29-11-7-21-15-23(31)9-13-27(21)36-29;19-15-7-9-17-14(10-15)6-8-18(22-17)16(21)12-20-11-13-4-2-1-3-5-13;12-8-2-4-9-7(5-8)1-3-10(14-9)11-6-13-11;;;;/h1-5,8-9,12-15,24-25,28-29,33-34H,6-7,10-11,16-18H2;1-5,7,9-10,16,18,20-21H,6,8,11-12H2;2,4-5,10-11H,1,3,6H2;3*1H;/q;;;;;;+3/p-3. The van der Waals surface area contributed by atoms with Crippen LogP contribution in [0.5, 0.6) is 23.0 Å². The molecule has 0 aliphatic carbocycles. The molecule has 1 fully saturated rings. The number of ether oxygens (including phenoxy) is 5. The molecule has 5 aliphatic heterocycles. The average Bonchev–Trinajstić information content (AvgIpc) is 4.27. The first-order chi connectivity index (χ1) is 36.7. The Bertz CT molecular complexity index is 2700. The van der Waals surface area contributed by atoms with Gasteiger partial charge in [0.15, 0.2) is 0 Å². The van der Waals surface area contributed by atoms with E-state index in [0.717, 1.165) is 59.4 Å². The van der Waals surface area contributed by atoms with Crippen LogP contribution in [0.1, 0.15) is 59.1 Å². The SMILES string of the molecule is Fc1ccc2c(c1)CCC(C1CO1)O2.OC(CN(Cc1ccccc1)CC(O)C1CCc2cc(F)ccc2O1)C1CCc2cc(F)ccc2O1.OC(CNCc1ccccc1)C1CCc2cc(F)ccc2O1.[I][V]([I])[I]. The molecule has 8 atom stereocenters. The van der Waals surface area contributed by atoms with Crippen molar-refractivity contribution in [3.8, 4) is 23.0 Å². The van der Waals surface area contributed by atoms with E-state index < -0.39 is 30.5 Å². The van der Waals surface area contributed by atoms with Gasteiger partial charge in [0.05, 0.1) is 6.61 Å². The zero-order valence-electron chi connectivity index (χ0n) is 41.6. The number of aliphatic hydroxyl groups is 3. The molecule has 5 heterocycles. The first-order valence-electron chi connectivity index (χ1n) is 25.5. The van der Waals surface area contributed by atoms with Crippen LogP contribution in [0, 0.1) is 23.3 Å². The second-order valence-corrected chi connectivity index (χ2v) is 54.7. The molecule has 6 aromatic rings. The maximum atomic E-state index is 13.5. The summed E-state index contributed by atoms with van der Waals surface area (Å²) in [6.07, 6.45) is 2.85. The second kappa shape index (κ2) is 29.3. The fraction of sp³-hybridized carbons (Fsp3) is 0.379. The van der Waals surface area contributed by atoms with Gasteiger partial charge in [-0.05, 0) is 158 Å². The van der Waals surface area contributed by atoms with Gasteiger partial charge in [0, 0.05) is 32.7 Å². The summed E-state index contributed by atoms with van der Waals surface area (Å²) in [5, 5.41) is 35.7. The number of nitrogens with zero attached hydrogens (tertiary/aromatic N) is 1. The first kappa shape index (κ1) is 58.9. The van der Waals surface area contributed by atoms with Gasteiger partial charge in [0.25, 0.3) is 0 Å². The Balaban J connectivity index is 0.000000161. The van der Waals surface area contributed by atoms with E-state index in [1.165, 1.54) is 48.0 Å². The molecular formula is C58H62F4I3N2O8V. The molecule has 4 N–H and O–H groups in total. The predicted octanol–water partition coefficient (Wildman–Crippen LogP) is 11.5. The zero-order chi connectivity index (χ0) is 53.6. The van der Waals surface area contributed by atoms with Crippen LogP contribution in [0.15, 0.2) is 133 Å². The molecule has 6 aromatic carbocycles. The molecule has 11 rings (SSSR count). The van der Waals surface area contributed by atoms with Crippen molar-refractivity contribution >= 4 is 59.9 Å². The molecule has 406 valence electrons. The molecule has 0 spiro atoms. The van der Waals surface area contributed by atoms with Gasteiger partial charge in [-0.25, -0.2) is 17.6 Å². The van der Waals surface area contributed by atoms with Crippen LogP contribution >= 0.6 is 59.9 Å². The van der Waals surface area contributed by atoms with E-state index in [0.29, 0.717) is 82.1 Å². The van der Waals surface area contributed by atoms with E-state index in [2.05, 4.69) is 65.3 Å². The van der Waals surface area contributed by atoms with Gasteiger partial charge in [-0.1, -0.05) is 60.7 Å². The minimum absolute atomic E-state index is 0.174. The number of nitrogens with one attached hydrogen (secondary N) is 1. The molecule has 0 aromatic heterocycles. The normalized spacial score (nSPS) is 20.9. The third-order valence-corrected chi connectivity index (χ3v) is 13.7. The van der Waals surface area contributed by atoms with Gasteiger partial charge in [0.2, 0.25) is 0 Å². The van der Waals surface area contributed by atoms with Gasteiger partial charge in [-0.3, -0.25) is 4.90 Å². The third-order valence-electron chi connectivity index (χ3n) is 13.7. The summed E-state index contributed by atoms with van der Waals surface area (Å²) in [5.41, 5.74) is 5.71. The van der Waals surface area contributed by atoms with E-state index in [1.807, 2.05) is 65.6 Å². The number of aryl methyl sites for hydroxylation is 4. The van der Waals surface area contributed by atoms with Crippen LogP contribution in [-0.4, -0.2) is 95.3 Å². The van der Waals surface area contributed by atoms with Crippen molar-refractivity contribution in [1.29, 1.82) is 0 Å². The van der Waals surface area contributed by atoms with Crippen molar-refractivity contribution in [1.82, 2.24) is 10.2 Å². The third kappa shape index (κ3) is 18.2. The van der Waals surface area contributed by atoms with E-state index in [1.54, 1.807) is 30.3 Å². The van der Waals surface area contributed by atoms with Crippen LogP contribution in [0.25, 0.3) is 0 Å². The molecule has 8 unspecified atom stereocenters. The molecule has 0 bridgehead atoms. The maximum absolute atomic E-state index is 13.5. The summed E-state index contributed by atoms with van der Waals surface area (Å²) in [6, 6.07) is 38.1. The van der Waals surface area contributed by atoms with Crippen LogP contribution in [0.2, 0.25) is 0 Å². The topological polar surface area (TPSA) is 125 Å². The van der Waals surface area contributed by atoms with E-state index in [9.17, 15) is 32.9 Å².